The first-order valence-corrected chi connectivity index (χ1v) is 9.47. The van der Waals surface area contributed by atoms with Crippen LogP contribution in [0.1, 0.15) is 21.5 Å². The molecule has 1 amide bonds. The Bertz CT molecular complexity index is 964. The molecule has 142 valence electrons. The number of aromatic nitrogens is 3. The summed E-state index contributed by atoms with van der Waals surface area (Å²) in [6, 6.07) is 13.9. The first-order chi connectivity index (χ1) is 13.6. The number of aryl methyl sites for hydroxylation is 2. The molecule has 1 aromatic carbocycles. The van der Waals surface area contributed by atoms with E-state index in [1.165, 1.54) is 11.1 Å². The lowest BCUT2D eigenvalue weighted by Gasteiger charge is -2.35. The van der Waals surface area contributed by atoms with Crippen molar-refractivity contribution in [1.82, 2.24) is 20.1 Å². The zero-order chi connectivity index (χ0) is 19.5. The minimum Gasteiger partial charge on any atom is -0.352 e. The van der Waals surface area contributed by atoms with Crippen molar-refractivity contribution in [3.8, 4) is 11.3 Å². The van der Waals surface area contributed by atoms with Crippen molar-refractivity contribution in [2.24, 2.45) is 0 Å². The monoisotopic (exact) mass is 373 g/mol. The molecule has 1 fully saturated rings. The van der Waals surface area contributed by atoms with Crippen molar-refractivity contribution >= 4 is 11.7 Å². The normalized spacial score (nSPS) is 14.2. The van der Waals surface area contributed by atoms with Gasteiger partial charge in [-0.25, -0.2) is 0 Å². The fourth-order valence-corrected chi connectivity index (χ4v) is 3.55. The Morgan fingerprint density at radius 3 is 2.29 bits per heavy atom. The number of hydrogen-bond acceptors (Lipinski definition) is 5. The zero-order valence-electron chi connectivity index (χ0n) is 16.2. The largest absolute Gasteiger partial charge is 0.352 e. The number of anilines is 1. The highest BCUT2D eigenvalue weighted by atomic mass is 16.2. The van der Waals surface area contributed by atoms with E-state index in [1.807, 2.05) is 17.0 Å². The van der Waals surface area contributed by atoms with E-state index in [1.54, 1.807) is 24.5 Å². The van der Waals surface area contributed by atoms with Crippen molar-refractivity contribution in [2.45, 2.75) is 13.8 Å². The van der Waals surface area contributed by atoms with Crippen LogP contribution < -0.4 is 4.90 Å². The molecule has 1 aliphatic rings. The Kier molecular flexibility index (Phi) is 5.02. The van der Waals surface area contributed by atoms with Crippen molar-refractivity contribution in [3.63, 3.8) is 0 Å². The molecule has 0 spiro atoms. The van der Waals surface area contributed by atoms with E-state index in [9.17, 15) is 4.79 Å². The van der Waals surface area contributed by atoms with Gasteiger partial charge in [0, 0.05) is 49.7 Å². The summed E-state index contributed by atoms with van der Waals surface area (Å²) in [5.41, 5.74) is 5.11. The van der Waals surface area contributed by atoms with Gasteiger partial charge >= 0.3 is 0 Å². The summed E-state index contributed by atoms with van der Waals surface area (Å²) in [5, 5.41) is 8.87. The average Bonchev–Trinajstić information content (AvgIpc) is 2.74. The summed E-state index contributed by atoms with van der Waals surface area (Å²) in [7, 11) is 0. The number of piperazine rings is 1. The Hall–Kier alpha value is -3.28. The molecule has 0 bridgehead atoms. The van der Waals surface area contributed by atoms with Gasteiger partial charge in [0.1, 0.15) is 0 Å². The Balaban J connectivity index is 1.42. The SMILES string of the molecule is Cc1ccc(-c2ccc(N3CCN(C(=O)c4ccncc4)CC3)nn2)c(C)c1. The van der Waals surface area contributed by atoms with Gasteiger partial charge < -0.3 is 9.80 Å². The van der Waals surface area contributed by atoms with Crippen LogP contribution in [0, 0.1) is 13.8 Å². The average molecular weight is 373 g/mol. The molecule has 0 atom stereocenters. The van der Waals surface area contributed by atoms with E-state index < -0.39 is 0 Å². The molecule has 1 aliphatic heterocycles. The maximum atomic E-state index is 12.6. The van der Waals surface area contributed by atoms with Gasteiger partial charge in [0.15, 0.2) is 5.82 Å². The van der Waals surface area contributed by atoms with Gasteiger partial charge in [0.25, 0.3) is 5.91 Å². The summed E-state index contributed by atoms with van der Waals surface area (Å²) in [4.78, 5) is 20.6. The minimum absolute atomic E-state index is 0.0540. The second-order valence-corrected chi connectivity index (χ2v) is 7.11. The summed E-state index contributed by atoms with van der Waals surface area (Å²) >= 11 is 0. The summed E-state index contributed by atoms with van der Waals surface area (Å²) in [6.45, 7) is 7.01. The molecule has 3 aromatic rings. The van der Waals surface area contributed by atoms with Crippen LogP contribution in [0.3, 0.4) is 0 Å². The second-order valence-electron chi connectivity index (χ2n) is 7.11. The summed E-state index contributed by atoms with van der Waals surface area (Å²) in [5.74, 6) is 0.905. The molecule has 0 saturated carbocycles. The molecule has 28 heavy (non-hydrogen) atoms. The van der Waals surface area contributed by atoms with Crippen LogP contribution in [0.25, 0.3) is 11.3 Å². The van der Waals surface area contributed by atoms with Crippen molar-refractivity contribution in [1.29, 1.82) is 0 Å². The fraction of sp³-hybridized carbons (Fsp3) is 0.273. The maximum absolute atomic E-state index is 12.6. The quantitative estimate of drug-likeness (QED) is 0.706. The highest BCUT2D eigenvalue weighted by Gasteiger charge is 2.23. The van der Waals surface area contributed by atoms with Crippen molar-refractivity contribution in [3.05, 3.63) is 71.5 Å². The molecule has 0 unspecified atom stereocenters. The first kappa shape index (κ1) is 18.1. The van der Waals surface area contributed by atoms with E-state index in [2.05, 4.69) is 52.1 Å². The van der Waals surface area contributed by atoms with Gasteiger partial charge in [-0.3, -0.25) is 9.78 Å². The predicted octanol–water partition coefficient (Wildman–Crippen LogP) is 3.12. The van der Waals surface area contributed by atoms with Crippen LogP contribution in [0.5, 0.6) is 0 Å². The molecule has 6 nitrogen and oxygen atoms in total. The van der Waals surface area contributed by atoms with Crippen LogP contribution in [-0.4, -0.2) is 52.2 Å². The van der Waals surface area contributed by atoms with Crippen molar-refractivity contribution in [2.75, 3.05) is 31.1 Å². The molecule has 0 aliphatic carbocycles. The number of amides is 1. The Morgan fingerprint density at radius 2 is 1.64 bits per heavy atom. The van der Waals surface area contributed by atoms with Gasteiger partial charge in [-0.2, -0.15) is 0 Å². The third-order valence-electron chi connectivity index (χ3n) is 5.13. The third kappa shape index (κ3) is 3.71. The summed E-state index contributed by atoms with van der Waals surface area (Å²) in [6.07, 6.45) is 3.30. The van der Waals surface area contributed by atoms with E-state index in [0.717, 1.165) is 30.2 Å². The van der Waals surface area contributed by atoms with Crippen LogP contribution in [0.2, 0.25) is 0 Å². The van der Waals surface area contributed by atoms with Gasteiger partial charge in [0.2, 0.25) is 0 Å². The Morgan fingerprint density at radius 1 is 0.893 bits per heavy atom. The fourth-order valence-electron chi connectivity index (χ4n) is 3.55. The van der Waals surface area contributed by atoms with Crippen LogP contribution in [0.15, 0.2) is 54.9 Å². The molecule has 6 heteroatoms. The minimum atomic E-state index is 0.0540. The lowest BCUT2D eigenvalue weighted by Crippen LogP contribution is -2.49. The molecule has 1 saturated heterocycles. The number of carbonyl (C=O) groups excluding carboxylic acids is 1. The van der Waals surface area contributed by atoms with Crippen LogP contribution in [-0.2, 0) is 0 Å². The predicted molar refractivity (Wildman–Crippen MR) is 109 cm³/mol. The molecule has 2 aromatic heterocycles. The standard InChI is InChI=1S/C22H23N5O/c1-16-3-4-19(17(2)15-16)20-5-6-21(25-24-20)26-11-13-27(14-12-26)22(28)18-7-9-23-10-8-18/h3-10,15H,11-14H2,1-2H3. The summed E-state index contributed by atoms with van der Waals surface area (Å²) < 4.78 is 0. The van der Waals surface area contributed by atoms with Gasteiger partial charge in [-0.05, 0) is 43.7 Å². The number of benzene rings is 1. The lowest BCUT2D eigenvalue weighted by molar-refractivity contribution is 0.0746. The molecular formula is C22H23N5O. The number of carbonyl (C=O) groups is 1. The highest BCUT2D eigenvalue weighted by Crippen LogP contribution is 2.23. The van der Waals surface area contributed by atoms with E-state index in [0.29, 0.717) is 18.7 Å². The molecular weight excluding hydrogens is 350 g/mol. The van der Waals surface area contributed by atoms with E-state index in [4.69, 9.17) is 0 Å². The lowest BCUT2D eigenvalue weighted by atomic mass is 10.0. The zero-order valence-corrected chi connectivity index (χ0v) is 16.2. The third-order valence-corrected chi connectivity index (χ3v) is 5.13. The highest BCUT2D eigenvalue weighted by molar-refractivity contribution is 5.94. The van der Waals surface area contributed by atoms with Gasteiger partial charge in [-0.1, -0.05) is 23.8 Å². The van der Waals surface area contributed by atoms with E-state index >= 15 is 0 Å². The van der Waals surface area contributed by atoms with Crippen molar-refractivity contribution < 1.29 is 4.79 Å². The topological polar surface area (TPSA) is 62.2 Å². The number of nitrogens with zero attached hydrogens (tertiary/aromatic N) is 5. The second kappa shape index (κ2) is 7.76. The first-order valence-electron chi connectivity index (χ1n) is 9.47. The number of hydrogen-bond donors (Lipinski definition) is 0. The van der Waals surface area contributed by atoms with E-state index in [-0.39, 0.29) is 5.91 Å². The smallest absolute Gasteiger partial charge is 0.254 e. The molecule has 4 rings (SSSR count). The van der Waals surface area contributed by atoms with Crippen LogP contribution >= 0.6 is 0 Å². The maximum Gasteiger partial charge on any atom is 0.254 e. The molecule has 0 N–H and O–H groups in total. The molecule has 0 radical (unpaired) electrons. The number of rotatable bonds is 3. The van der Waals surface area contributed by atoms with Gasteiger partial charge in [-0.15, -0.1) is 10.2 Å². The number of pyridine rings is 1. The van der Waals surface area contributed by atoms with Crippen LogP contribution in [0.4, 0.5) is 5.82 Å². The molecule has 3 heterocycles. The Labute approximate surface area is 164 Å². The van der Waals surface area contributed by atoms with Gasteiger partial charge in [0.05, 0.1) is 5.69 Å².